The molecule has 0 heterocycles. The van der Waals surface area contributed by atoms with Crippen molar-refractivity contribution in [3.8, 4) is 0 Å². The molecule has 3 N–H and O–H groups in total. The van der Waals surface area contributed by atoms with E-state index in [2.05, 4.69) is 19.2 Å². The number of hydrogen-bond donors (Lipinski definition) is 2. The first-order valence-electron chi connectivity index (χ1n) is 8.74. The predicted octanol–water partition coefficient (Wildman–Crippen LogP) is 3.23. The van der Waals surface area contributed by atoms with Gasteiger partial charge in [0.15, 0.2) is 0 Å². The van der Waals surface area contributed by atoms with E-state index in [1.807, 2.05) is 6.92 Å². The summed E-state index contributed by atoms with van der Waals surface area (Å²) in [5, 5.41) is 3.10. The zero-order chi connectivity index (χ0) is 15.3. The average molecular weight is 292 g/mol. The zero-order valence-electron chi connectivity index (χ0n) is 14.0. The second-order valence-corrected chi connectivity index (χ2v) is 9.42. The van der Waals surface area contributed by atoms with Crippen molar-refractivity contribution in [2.75, 3.05) is 6.54 Å². The first-order chi connectivity index (χ1) is 9.72. The van der Waals surface area contributed by atoms with Gasteiger partial charge in [-0.3, -0.25) is 4.79 Å². The molecule has 4 bridgehead atoms. The van der Waals surface area contributed by atoms with E-state index in [-0.39, 0.29) is 11.9 Å². The van der Waals surface area contributed by atoms with Gasteiger partial charge in [0.2, 0.25) is 5.91 Å². The molecule has 3 nitrogen and oxygen atoms in total. The van der Waals surface area contributed by atoms with Gasteiger partial charge in [0.25, 0.3) is 0 Å². The van der Waals surface area contributed by atoms with Crippen molar-refractivity contribution in [2.45, 2.75) is 78.2 Å². The molecular weight excluding hydrogens is 260 g/mol. The molecule has 0 aromatic heterocycles. The summed E-state index contributed by atoms with van der Waals surface area (Å²) in [6, 6.07) is 0.169. The molecule has 3 atom stereocenters. The van der Waals surface area contributed by atoms with E-state index in [9.17, 15) is 4.79 Å². The van der Waals surface area contributed by atoms with Gasteiger partial charge in [0, 0.05) is 19.0 Å². The Hall–Kier alpha value is -0.570. The van der Waals surface area contributed by atoms with Crippen LogP contribution in [0, 0.1) is 22.2 Å². The summed E-state index contributed by atoms with van der Waals surface area (Å²) < 4.78 is 0. The second-order valence-electron chi connectivity index (χ2n) is 9.42. The summed E-state index contributed by atoms with van der Waals surface area (Å²) in [7, 11) is 0. The minimum Gasteiger partial charge on any atom is -0.356 e. The predicted molar refractivity (Wildman–Crippen MR) is 85.7 cm³/mol. The molecule has 21 heavy (non-hydrogen) atoms. The smallest absolute Gasteiger partial charge is 0.220 e. The molecule has 1 amide bonds. The SMILES string of the molecule is CC(N)CCNC(=O)CC12CC3CC(C)(CC(C)(C3)C1)C2. The third-order valence-corrected chi connectivity index (χ3v) is 6.20. The fraction of sp³-hybridized carbons (Fsp3) is 0.944. The largest absolute Gasteiger partial charge is 0.356 e. The molecular formula is C18H32N2O. The van der Waals surface area contributed by atoms with Crippen LogP contribution in [0.4, 0.5) is 0 Å². The van der Waals surface area contributed by atoms with Crippen LogP contribution >= 0.6 is 0 Å². The summed E-state index contributed by atoms with van der Waals surface area (Å²) in [4.78, 5) is 12.4. The molecule has 3 unspecified atom stereocenters. The summed E-state index contributed by atoms with van der Waals surface area (Å²) in [6.45, 7) is 7.66. The number of hydrogen-bond acceptors (Lipinski definition) is 2. The molecule has 0 saturated heterocycles. The lowest BCUT2D eigenvalue weighted by molar-refractivity contribution is -0.156. The Bertz CT molecular complexity index is 413. The number of carbonyl (C=O) groups is 1. The third kappa shape index (κ3) is 3.13. The van der Waals surface area contributed by atoms with E-state index < -0.39 is 0 Å². The zero-order valence-corrected chi connectivity index (χ0v) is 14.0. The van der Waals surface area contributed by atoms with E-state index in [1.165, 1.54) is 38.5 Å². The Morgan fingerprint density at radius 3 is 2.33 bits per heavy atom. The molecule has 3 heteroatoms. The molecule has 4 aliphatic rings. The highest BCUT2D eigenvalue weighted by Crippen LogP contribution is 2.70. The molecule has 4 rings (SSSR count). The van der Waals surface area contributed by atoms with Gasteiger partial charge in [-0.05, 0) is 74.0 Å². The highest BCUT2D eigenvalue weighted by Gasteiger charge is 2.60. The van der Waals surface area contributed by atoms with Crippen molar-refractivity contribution in [2.24, 2.45) is 27.9 Å². The van der Waals surface area contributed by atoms with E-state index in [1.54, 1.807) is 0 Å². The van der Waals surface area contributed by atoms with Crippen LogP contribution in [0.5, 0.6) is 0 Å². The lowest BCUT2D eigenvalue weighted by atomic mass is 9.40. The molecule has 4 saturated carbocycles. The van der Waals surface area contributed by atoms with Crippen LogP contribution in [-0.4, -0.2) is 18.5 Å². The highest BCUT2D eigenvalue weighted by molar-refractivity contribution is 5.76. The molecule has 0 aromatic carbocycles. The summed E-state index contributed by atoms with van der Waals surface area (Å²) in [5.74, 6) is 1.12. The van der Waals surface area contributed by atoms with Gasteiger partial charge < -0.3 is 11.1 Å². The molecule has 0 aromatic rings. The van der Waals surface area contributed by atoms with Crippen molar-refractivity contribution in [3.63, 3.8) is 0 Å². The minimum absolute atomic E-state index is 0.169. The lowest BCUT2D eigenvalue weighted by Crippen LogP contribution is -2.56. The topological polar surface area (TPSA) is 55.1 Å². The molecule has 120 valence electrons. The Morgan fingerprint density at radius 2 is 1.81 bits per heavy atom. The van der Waals surface area contributed by atoms with Crippen molar-refractivity contribution >= 4 is 5.91 Å². The molecule has 4 aliphatic carbocycles. The Morgan fingerprint density at radius 1 is 1.19 bits per heavy atom. The maximum atomic E-state index is 12.4. The van der Waals surface area contributed by atoms with E-state index in [4.69, 9.17) is 5.73 Å². The quantitative estimate of drug-likeness (QED) is 0.817. The normalized spacial score (nSPS) is 45.6. The van der Waals surface area contributed by atoms with Gasteiger partial charge in [-0.2, -0.15) is 0 Å². The van der Waals surface area contributed by atoms with E-state index in [0.717, 1.165) is 25.3 Å². The van der Waals surface area contributed by atoms with Gasteiger partial charge in [0.1, 0.15) is 0 Å². The van der Waals surface area contributed by atoms with Crippen LogP contribution < -0.4 is 11.1 Å². The molecule has 0 spiro atoms. The first-order valence-corrected chi connectivity index (χ1v) is 8.74. The van der Waals surface area contributed by atoms with E-state index >= 15 is 0 Å². The molecule has 0 aliphatic heterocycles. The first kappa shape index (κ1) is 15.3. The van der Waals surface area contributed by atoms with E-state index in [0.29, 0.717) is 16.2 Å². The Kier molecular flexibility index (Phi) is 3.63. The third-order valence-electron chi connectivity index (χ3n) is 6.20. The maximum Gasteiger partial charge on any atom is 0.220 e. The van der Waals surface area contributed by atoms with Crippen LogP contribution in [0.2, 0.25) is 0 Å². The fourth-order valence-corrected chi connectivity index (χ4v) is 6.72. The van der Waals surface area contributed by atoms with Crippen molar-refractivity contribution in [3.05, 3.63) is 0 Å². The highest BCUT2D eigenvalue weighted by atomic mass is 16.1. The van der Waals surface area contributed by atoms with Gasteiger partial charge in [-0.15, -0.1) is 0 Å². The van der Waals surface area contributed by atoms with Crippen LogP contribution in [0.3, 0.4) is 0 Å². The molecule has 4 fully saturated rings. The Labute approximate surface area is 129 Å². The van der Waals surface area contributed by atoms with Crippen molar-refractivity contribution in [1.29, 1.82) is 0 Å². The van der Waals surface area contributed by atoms with Gasteiger partial charge >= 0.3 is 0 Å². The Balaban J connectivity index is 1.63. The van der Waals surface area contributed by atoms with Crippen LogP contribution in [0.25, 0.3) is 0 Å². The minimum atomic E-state index is 0.169. The fourth-order valence-electron chi connectivity index (χ4n) is 6.72. The standard InChI is InChI=1S/C18H32N2O/c1-13(19)4-5-20-15(21)9-18-8-14-6-16(2,11-18)10-17(3,7-14)12-18/h13-14H,4-12,19H2,1-3H3,(H,20,21). The summed E-state index contributed by atoms with van der Waals surface area (Å²) >= 11 is 0. The monoisotopic (exact) mass is 292 g/mol. The lowest BCUT2D eigenvalue weighted by Gasteiger charge is -2.65. The van der Waals surface area contributed by atoms with Gasteiger partial charge in [-0.25, -0.2) is 0 Å². The van der Waals surface area contributed by atoms with Crippen molar-refractivity contribution < 1.29 is 4.79 Å². The second kappa shape index (κ2) is 4.97. The summed E-state index contributed by atoms with van der Waals surface area (Å²) in [6.07, 6.45) is 9.63. The van der Waals surface area contributed by atoms with Crippen LogP contribution in [0.1, 0.15) is 72.1 Å². The van der Waals surface area contributed by atoms with Crippen LogP contribution in [-0.2, 0) is 4.79 Å². The molecule has 0 radical (unpaired) electrons. The average Bonchev–Trinajstić information content (AvgIpc) is 2.21. The number of nitrogens with one attached hydrogen (secondary N) is 1. The van der Waals surface area contributed by atoms with Crippen LogP contribution in [0.15, 0.2) is 0 Å². The maximum absolute atomic E-state index is 12.4. The number of carbonyl (C=O) groups excluding carboxylic acids is 1. The van der Waals surface area contributed by atoms with Gasteiger partial charge in [0.05, 0.1) is 0 Å². The number of rotatable bonds is 5. The number of amides is 1. The van der Waals surface area contributed by atoms with Gasteiger partial charge in [-0.1, -0.05) is 13.8 Å². The van der Waals surface area contributed by atoms with Crippen molar-refractivity contribution in [1.82, 2.24) is 5.32 Å². The summed E-state index contributed by atoms with van der Waals surface area (Å²) in [5.41, 5.74) is 7.04. The number of nitrogens with two attached hydrogens (primary N) is 1.